The molecular formula is C9H10ClN3O3S. The first-order valence-corrected chi connectivity index (χ1v) is 6.44. The Morgan fingerprint density at radius 2 is 2.53 bits per heavy atom. The van der Waals surface area contributed by atoms with Crippen LogP contribution in [0.5, 0.6) is 0 Å². The van der Waals surface area contributed by atoms with Gasteiger partial charge in [0.2, 0.25) is 5.28 Å². The monoisotopic (exact) mass is 275 g/mol. The summed E-state index contributed by atoms with van der Waals surface area (Å²) >= 11 is 6.91. The van der Waals surface area contributed by atoms with Gasteiger partial charge >= 0.3 is 5.69 Å². The van der Waals surface area contributed by atoms with E-state index in [1.807, 2.05) is 0 Å². The second-order valence-electron chi connectivity index (χ2n) is 3.53. The highest BCUT2D eigenvalue weighted by Crippen LogP contribution is 2.29. The molecule has 1 saturated heterocycles. The normalized spacial score (nSPS) is 19.5. The van der Waals surface area contributed by atoms with Crippen molar-refractivity contribution >= 4 is 29.1 Å². The molecule has 1 aromatic heterocycles. The minimum absolute atomic E-state index is 0.0189. The molecule has 0 amide bonds. The second kappa shape index (κ2) is 5.61. The van der Waals surface area contributed by atoms with Gasteiger partial charge in [-0.25, -0.2) is 9.97 Å². The zero-order valence-corrected chi connectivity index (χ0v) is 10.4. The van der Waals surface area contributed by atoms with Gasteiger partial charge in [-0.3, -0.25) is 10.1 Å². The van der Waals surface area contributed by atoms with E-state index in [1.54, 1.807) is 0 Å². The number of hydrogen-bond acceptors (Lipinski definition) is 6. The third kappa shape index (κ3) is 3.27. The molecule has 92 valence electrons. The Balaban J connectivity index is 2.07. The van der Waals surface area contributed by atoms with Crippen molar-refractivity contribution in [1.29, 1.82) is 0 Å². The Morgan fingerprint density at radius 3 is 3.18 bits per heavy atom. The summed E-state index contributed by atoms with van der Waals surface area (Å²) in [5.41, 5.74) is -0.114. The summed E-state index contributed by atoms with van der Waals surface area (Å²) in [6.07, 6.45) is 3.30. The molecule has 1 aliphatic rings. The molecule has 0 radical (unpaired) electrons. The Labute approximate surface area is 107 Å². The van der Waals surface area contributed by atoms with Gasteiger partial charge in [-0.15, -0.1) is 0 Å². The number of nitrogens with zero attached hydrogens (tertiary/aromatic N) is 3. The van der Waals surface area contributed by atoms with E-state index in [0.717, 1.165) is 25.6 Å². The largest absolute Gasteiger partial charge is 0.377 e. The van der Waals surface area contributed by atoms with Crippen molar-refractivity contribution < 1.29 is 9.66 Å². The van der Waals surface area contributed by atoms with Crippen molar-refractivity contribution in [2.45, 2.75) is 24.0 Å². The van der Waals surface area contributed by atoms with Crippen LogP contribution in [0.25, 0.3) is 0 Å². The molecule has 8 heteroatoms. The lowest BCUT2D eigenvalue weighted by molar-refractivity contribution is -0.388. The van der Waals surface area contributed by atoms with E-state index in [4.69, 9.17) is 16.3 Å². The first kappa shape index (κ1) is 12.5. The lowest BCUT2D eigenvalue weighted by Crippen LogP contribution is -2.08. The van der Waals surface area contributed by atoms with Crippen molar-refractivity contribution in [1.82, 2.24) is 9.97 Å². The Kier molecular flexibility index (Phi) is 4.14. The summed E-state index contributed by atoms with van der Waals surface area (Å²) in [6.45, 7) is 0.762. The van der Waals surface area contributed by atoms with Gasteiger partial charge in [0.1, 0.15) is 6.20 Å². The minimum Gasteiger partial charge on any atom is -0.377 e. The summed E-state index contributed by atoms with van der Waals surface area (Å²) < 4.78 is 5.44. The van der Waals surface area contributed by atoms with Crippen LogP contribution in [0.15, 0.2) is 11.2 Å². The molecule has 0 bridgehead atoms. The fraction of sp³-hybridized carbons (Fsp3) is 0.556. The zero-order chi connectivity index (χ0) is 12.3. The van der Waals surface area contributed by atoms with Crippen LogP contribution in [0, 0.1) is 10.1 Å². The van der Waals surface area contributed by atoms with E-state index in [-0.39, 0.29) is 17.1 Å². The van der Waals surface area contributed by atoms with Crippen molar-refractivity contribution in [2.24, 2.45) is 0 Å². The van der Waals surface area contributed by atoms with Crippen LogP contribution in [0.1, 0.15) is 12.8 Å². The van der Waals surface area contributed by atoms with Crippen LogP contribution in [0.4, 0.5) is 5.69 Å². The molecular weight excluding hydrogens is 266 g/mol. The molecule has 0 saturated carbocycles. The smallest absolute Gasteiger partial charge is 0.319 e. The van der Waals surface area contributed by atoms with Crippen LogP contribution >= 0.6 is 23.4 Å². The topological polar surface area (TPSA) is 78.2 Å². The predicted octanol–water partition coefficient (Wildman–Crippen LogP) is 2.31. The Morgan fingerprint density at radius 1 is 1.71 bits per heavy atom. The van der Waals surface area contributed by atoms with Crippen LogP contribution in [0.2, 0.25) is 5.28 Å². The summed E-state index contributed by atoms with van der Waals surface area (Å²) in [4.78, 5) is 17.7. The van der Waals surface area contributed by atoms with Gasteiger partial charge in [-0.05, 0) is 24.4 Å². The maximum Gasteiger partial charge on any atom is 0.319 e. The predicted molar refractivity (Wildman–Crippen MR) is 63.4 cm³/mol. The quantitative estimate of drug-likeness (QED) is 0.276. The van der Waals surface area contributed by atoms with E-state index >= 15 is 0 Å². The second-order valence-corrected chi connectivity index (χ2v) is 4.88. The van der Waals surface area contributed by atoms with E-state index in [0.29, 0.717) is 10.8 Å². The van der Waals surface area contributed by atoms with Crippen molar-refractivity contribution in [3.05, 3.63) is 21.6 Å². The van der Waals surface area contributed by atoms with E-state index in [2.05, 4.69) is 9.97 Å². The van der Waals surface area contributed by atoms with Crippen LogP contribution in [0.3, 0.4) is 0 Å². The number of ether oxygens (including phenoxy) is 1. The molecule has 0 N–H and O–H groups in total. The van der Waals surface area contributed by atoms with Crippen LogP contribution in [-0.2, 0) is 4.74 Å². The lowest BCUT2D eigenvalue weighted by atomic mass is 10.3. The Bertz CT molecular complexity index is 426. The molecule has 0 aromatic carbocycles. The number of hydrogen-bond donors (Lipinski definition) is 0. The lowest BCUT2D eigenvalue weighted by Gasteiger charge is -2.07. The summed E-state index contributed by atoms with van der Waals surface area (Å²) in [7, 11) is 0. The van der Waals surface area contributed by atoms with Gasteiger partial charge in [0.05, 0.1) is 11.0 Å². The highest BCUT2D eigenvalue weighted by Gasteiger charge is 2.21. The van der Waals surface area contributed by atoms with Gasteiger partial charge in [-0.2, -0.15) is 0 Å². The minimum atomic E-state index is -0.506. The molecule has 2 heterocycles. The molecule has 1 atom stereocenters. The highest BCUT2D eigenvalue weighted by molar-refractivity contribution is 7.99. The molecule has 0 spiro atoms. The standard InChI is InChI=1S/C9H10ClN3O3S/c10-9-11-4-7(13(14)15)8(12-9)17-5-6-2-1-3-16-6/h4,6H,1-3,5H2. The highest BCUT2D eigenvalue weighted by atomic mass is 35.5. The number of nitro groups is 1. The molecule has 1 aliphatic heterocycles. The fourth-order valence-electron chi connectivity index (χ4n) is 1.52. The van der Waals surface area contributed by atoms with Gasteiger partial charge in [0, 0.05) is 12.4 Å². The van der Waals surface area contributed by atoms with Gasteiger partial charge in [0.25, 0.3) is 0 Å². The third-order valence-corrected chi connectivity index (χ3v) is 3.63. The summed E-state index contributed by atoms with van der Waals surface area (Å²) in [5, 5.41) is 11.1. The SMILES string of the molecule is O=[N+]([O-])c1cnc(Cl)nc1SCC1CCCO1. The fourth-order valence-corrected chi connectivity index (χ4v) is 2.73. The van der Waals surface area contributed by atoms with Gasteiger partial charge in [-0.1, -0.05) is 11.8 Å². The first-order valence-electron chi connectivity index (χ1n) is 5.08. The first-order chi connectivity index (χ1) is 8.16. The number of thioether (sulfide) groups is 1. The number of halogens is 1. The van der Waals surface area contributed by atoms with E-state index in [1.165, 1.54) is 11.8 Å². The molecule has 0 aliphatic carbocycles. The molecule has 1 aromatic rings. The van der Waals surface area contributed by atoms with Crippen LogP contribution < -0.4 is 0 Å². The zero-order valence-electron chi connectivity index (χ0n) is 8.84. The summed E-state index contributed by atoms with van der Waals surface area (Å²) in [6, 6.07) is 0. The molecule has 1 unspecified atom stereocenters. The molecule has 6 nitrogen and oxygen atoms in total. The van der Waals surface area contributed by atoms with Crippen molar-refractivity contribution in [3.63, 3.8) is 0 Å². The molecule has 17 heavy (non-hydrogen) atoms. The van der Waals surface area contributed by atoms with Crippen molar-refractivity contribution in [3.8, 4) is 0 Å². The number of rotatable bonds is 4. The maximum absolute atomic E-state index is 10.8. The maximum atomic E-state index is 10.8. The van der Waals surface area contributed by atoms with Crippen molar-refractivity contribution in [2.75, 3.05) is 12.4 Å². The average Bonchev–Trinajstić information content (AvgIpc) is 2.78. The Hall–Kier alpha value is -0.920. The van der Waals surface area contributed by atoms with Gasteiger partial charge < -0.3 is 4.74 Å². The third-order valence-electron chi connectivity index (χ3n) is 2.33. The average molecular weight is 276 g/mol. The van der Waals surface area contributed by atoms with E-state index < -0.39 is 4.92 Å². The van der Waals surface area contributed by atoms with E-state index in [9.17, 15) is 10.1 Å². The number of aromatic nitrogens is 2. The van der Waals surface area contributed by atoms with Gasteiger partial charge in [0.15, 0.2) is 5.03 Å². The summed E-state index contributed by atoms with van der Waals surface area (Å²) in [5.74, 6) is 0.647. The molecule has 1 fully saturated rings. The van der Waals surface area contributed by atoms with Crippen LogP contribution in [-0.4, -0.2) is 33.4 Å². The molecule has 2 rings (SSSR count).